The molecule has 1 aliphatic heterocycles. The lowest BCUT2D eigenvalue weighted by Gasteiger charge is -2.31. The molecule has 1 aliphatic rings. The Morgan fingerprint density at radius 2 is 2.05 bits per heavy atom. The Bertz CT molecular complexity index is 411. The van der Waals surface area contributed by atoms with Gasteiger partial charge in [-0.25, -0.2) is 8.42 Å². The van der Waals surface area contributed by atoms with Crippen LogP contribution in [-0.4, -0.2) is 67.8 Å². The van der Waals surface area contributed by atoms with Crippen molar-refractivity contribution in [2.75, 3.05) is 31.7 Å². The number of nitrogens with zero attached hydrogens (tertiary/aromatic N) is 1. The highest BCUT2D eigenvalue weighted by Gasteiger charge is 2.30. The van der Waals surface area contributed by atoms with Crippen molar-refractivity contribution in [3.63, 3.8) is 0 Å². The molecular weight excluding hydrogens is 288 g/mol. The van der Waals surface area contributed by atoms with Gasteiger partial charge in [0, 0.05) is 17.6 Å². The lowest BCUT2D eigenvalue weighted by atomic mass is 9.94. The average molecular weight is 320 g/mol. The molecule has 0 amide bonds. The second-order valence-electron chi connectivity index (χ2n) is 7.01. The Kier molecular flexibility index (Phi) is 7.10. The van der Waals surface area contributed by atoms with E-state index in [2.05, 4.69) is 31.0 Å². The summed E-state index contributed by atoms with van der Waals surface area (Å²) in [5.41, 5.74) is -0.219. The van der Waals surface area contributed by atoms with Crippen LogP contribution in [0.2, 0.25) is 0 Å². The summed E-state index contributed by atoms with van der Waals surface area (Å²) in [5, 5.41) is 13.0. The van der Waals surface area contributed by atoms with Crippen LogP contribution in [0.3, 0.4) is 0 Å². The predicted molar refractivity (Wildman–Crippen MR) is 87.3 cm³/mol. The zero-order valence-electron chi connectivity index (χ0n) is 13.9. The van der Waals surface area contributed by atoms with Crippen LogP contribution in [0.25, 0.3) is 0 Å². The highest BCUT2D eigenvalue weighted by molar-refractivity contribution is 7.91. The second kappa shape index (κ2) is 7.90. The summed E-state index contributed by atoms with van der Waals surface area (Å²) in [6, 6.07) is 0.543. The molecule has 0 saturated carbocycles. The van der Waals surface area contributed by atoms with Gasteiger partial charge in [-0.15, -0.1) is 0 Å². The van der Waals surface area contributed by atoms with Gasteiger partial charge in [-0.1, -0.05) is 20.3 Å². The average Bonchev–Trinajstić information content (AvgIpc) is 2.74. The van der Waals surface area contributed by atoms with E-state index in [0.29, 0.717) is 17.5 Å². The van der Waals surface area contributed by atoms with Crippen molar-refractivity contribution in [2.45, 2.75) is 64.1 Å². The van der Waals surface area contributed by atoms with E-state index in [1.165, 1.54) is 0 Å². The molecule has 0 spiro atoms. The van der Waals surface area contributed by atoms with E-state index in [4.69, 9.17) is 0 Å². The Morgan fingerprint density at radius 3 is 2.52 bits per heavy atom. The van der Waals surface area contributed by atoms with E-state index in [1.54, 1.807) is 0 Å². The molecule has 6 heteroatoms. The maximum atomic E-state index is 11.5. The minimum absolute atomic E-state index is 0.141. The van der Waals surface area contributed by atoms with Gasteiger partial charge in [-0.3, -0.25) is 0 Å². The molecule has 21 heavy (non-hydrogen) atoms. The van der Waals surface area contributed by atoms with E-state index in [9.17, 15) is 13.5 Å². The molecule has 1 rings (SSSR count). The molecular formula is C15H32N2O3S. The SMILES string of the molecule is CC(C)NC(C)(CO)CCCCN(C)C1CCS(=O)(=O)C1. The fourth-order valence-electron chi connectivity index (χ4n) is 3.08. The van der Waals surface area contributed by atoms with E-state index in [-0.39, 0.29) is 18.2 Å². The fraction of sp³-hybridized carbons (Fsp3) is 1.00. The van der Waals surface area contributed by atoms with Crippen LogP contribution in [0.5, 0.6) is 0 Å². The van der Waals surface area contributed by atoms with E-state index < -0.39 is 9.84 Å². The summed E-state index contributed by atoms with van der Waals surface area (Å²) < 4.78 is 23.0. The van der Waals surface area contributed by atoms with Gasteiger partial charge in [0.1, 0.15) is 0 Å². The van der Waals surface area contributed by atoms with Crippen LogP contribution in [0.4, 0.5) is 0 Å². The Labute approximate surface area is 130 Å². The van der Waals surface area contributed by atoms with Crippen LogP contribution in [0.15, 0.2) is 0 Å². The second-order valence-corrected chi connectivity index (χ2v) is 9.24. The topological polar surface area (TPSA) is 69.6 Å². The lowest BCUT2D eigenvalue weighted by molar-refractivity contribution is 0.151. The van der Waals surface area contributed by atoms with Gasteiger partial charge in [-0.05, 0) is 39.8 Å². The lowest BCUT2D eigenvalue weighted by Crippen LogP contribution is -2.49. The van der Waals surface area contributed by atoms with Crippen molar-refractivity contribution in [2.24, 2.45) is 0 Å². The molecule has 0 aromatic carbocycles. The number of hydrogen-bond donors (Lipinski definition) is 2. The summed E-state index contributed by atoms with van der Waals surface area (Å²) in [5.74, 6) is 0.648. The van der Waals surface area contributed by atoms with Crippen molar-refractivity contribution < 1.29 is 13.5 Å². The normalized spacial score (nSPS) is 24.6. The largest absolute Gasteiger partial charge is 0.394 e. The third-order valence-corrected chi connectivity index (χ3v) is 6.06. The Hall–Kier alpha value is -0.170. The molecule has 1 fully saturated rings. The predicted octanol–water partition coefficient (Wildman–Crippen LogP) is 1.02. The summed E-state index contributed by atoms with van der Waals surface area (Å²) in [6.07, 6.45) is 3.75. The molecule has 0 aromatic rings. The van der Waals surface area contributed by atoms with Crippen molar-refractivity contribution >= 4 is 9.84 Å². The first kappa shape index (κ1) is 18.9. The van der Waals surface area contributed by atoms with Crippen LogP contribution in [0, 0.1) is 0 Å². The monoisotopic (exact) mass is 320 g/mol. The minimum Gasteiger partial charge on any atom is -0.394 e. The molecule has 2 N–H and O–H groups in total. The summed E-state index contributed by atoms with van der Waals surface area (Å²) >= 11 is 0. The van der Waals surface area contributed by atoms with Crippen molar-refractivity contribution in [1.29, 1.82) is 0 Å². The van der Waals surface area contributed by atoms with Gasteiger partial charge in [0.25, 0.3) is 0 Å². The molecule has 126 valence electrons. The van der Waals surface area contributed by atoms with Gasteiger partial charge >= 0.3 is 0 Å². The molecule has 1 saturated heterocycles. The summed E-state index contributed by atoms with van der Waals surface area (Å²) in [6.45, 7) is 7.29. The summed E-state index contributed by atoms with van der Waals surface area (Å²) in [7, 11) is -0.780. The Morgan fingerprint density at radius 1 is 1.38 bits per heavy atom. The van der Waals surface area contributed by atoms with Gasteiger partial charge < -0.3 is 15.3 Å². The molecule has 0 aliphatic carbocycles. The highest BCUT2D eigenvalue weighted by atomic mass is 32.2. The molecule has 0 radical (unpaired) electrons. The van der Waals surface area contributed by atoms with E-state index in [0.717, 1.165) is 32.2 Å². The number of sulfone groups is 1. The Balaban J connectivity index is 2.27. The zero-order valence-corrected chi connectivity index (χ0v) is 14.7. The molecule has 1 heterocycles. The standard InChI is InChI=1S/C15H32N2O3S/c1-13(2)16-15(3,12-18)8-5-6-9-17(4)14-7-10-21(19,20)11-14/h13-14,16,18H,5-12H2,1-4H3. The van der Waals surface area contributed by atoms with E-state index in [1.807, 2.05) is 7.05 Å². The third-order valence-electron chi connectivity index (χ3n) is 4.31. The van der Waals surface area contributed by atoms with Crippen molar-refractivity contribution in [1.82, 2.24) is 10.2 Å². The van der Waals surface area contributed by atoms with Crippen molar-refractivity contribution in [3.05, 3.63) is 0 Å². The van der Waals surface area contributed by atoms with Crippen LogP contribution in [-0.2, 0) is 9.84 Å². The first-order chi connectivity index (χ1) is 9.67. The molecule has 2 unspecified atom stereocenters. The maximum Gasteiger partial charge on any atom is 0.151 e. The minimum atomic E-state index is -2.80. The first-order valence-electron chi connectivity index (χ1n) is 7.97. The van der Waals surface area contributed by atoms with Crippen LogP contribution < -0.4 is 5.32 Å². The number of aliphatic hydroxyl groups excluding tert-OH is 1. The number of rotatable bonds is 9. The first-order valence-corrected chi connectivity index (χ1v) is 9.79. The quantitative estimate of drug-likeness (QED) is 0.621. The van der Waals surface area contributed by atoms with Crippen molar-refractivity contribution in [3.8, 4) is 0 Å². The van der Waals surface area contributed by atoms with Crippen LogP contribution in [0.1, 0.15) is 46.5 Å². The maximum absolute atomic E-state index is 11.5. The van der Waals surface area contributed by atoms with E-state index >= 15 is 0 Å². The number of nitrogens with one attached hydrogen (secondary N) is 1. The van der Waals surface area contributed by atoms with Gasteiger partial charge in [0.2, 0.25) is 0 Å². The fourth-order valence-corrected chi connectivity index (χ4v) is 4.88. The molecule has 0 bridgehead atoms. The zero-order chi connectivity index (χ0) is 16.1. The van der Waals surface area contributed by atoms with Crippen LogP contribution >= 0.6 is 0 Å². The van der Waals surface area contributed by atoms with Gasteiger partial charge in [-0.2, -0.15) is 0 Å². The highest BCUT2D eigenvalue weighted by Crippen LogP contribution is 2.18. The molecule has 2 atom stereocenters. The smallest absolute Gasteiger partial charge is 0.151 e. The number of unbranched alkanes of at least 4 members (excludes halogenated alkanes) is 1. The number of hydrogen-bond acceptors (Lipinski definition) is 5. The molecule has 0 aromatic heterocycles. The molecule has 5 nitrogen and oxygen atoms in total. The summed E-state index contributed by atoms with van der Waals surface area (Å²) in [4.78, 5) is 2.18. The third kappa shape index (κ3) is 6.63. The van der Waals surface area contributed by atoms with Gasteiger partial charge in [0.15, 0.2) is 9.84 Å². The van der Waals surface area contributed by atoms with Gasteiger partial charge in [0.05, 0.1) is 18.1 Å². The number of aliphatic hydroxyl groups is 1.